The summed E-state index contributed by atoms with van der Waals surface area (Å²) in [4.78, 5) is 15.7. The summed E-state index contributed by atoms with van der Waals surface area (Å²) in [5, 5.41) is 5.38. The van der Waals surface area contributed by atoms with Gasteiger partial charge in [0.15, 0.2) is 0 Å². The number of anilines is 1. The second-order valence-corrected chi connectivity index (χ2v) is 3.61. The number of hydrogen-bond donors (Lipinski definition) is 2. The predicted molar refractivity (Wildman–Crippen MR) is 63.6 cm³/mol. The quantitative estimate of drug-likeness (QED) is 0.866. The third-order valence-electron chi connectivity index (χ3n) is 2.19. The lowest BCUT2D eigenvalue weighted by Gasteiger charge is -2.02. The highest BCUT2D eigenvalue weighted by Gasteiger charge is 2.12. The van der Waals surface area contributed by atoms with Crippen LogP contribution in [0.4, 0.5) is 10.1 Å². The maximum Gasteiger partial charge on any atom is 0.293 e. The van der Waals surface area contributed by atoms with Gasteiger partial charge in [-0.1, -0.05) is 6.07 Å². The van der Waals surface area contributed by atoms with E-state index in [0.717, 1.165) is 0 Å². The van der Waals surface area contributed by atoms with Crippen molar-refractivity contribution in [3.63, 3.8) is 0 Å². The van der Waals surface area contributed by atoms with Gasteiger partial charge in [0, 0.05) is 5.69 Å². The number of hydrogen-bond acceptors (Lipinski definition) is 4. The maximum absolute atomic E-state index is 12.9. The van der Waals surface area contributed by atoms with Crippen molar-refractivity contribution in [2.75, 3.05) is 12.4 Å². The van der Waals surface area contributed by atoms with Gasteiger partial charge in [0.05, 0.1) is 12.7 Å². The Balaban J connectivity index is 2.07. The Bertz CT molecular complexity index is 554. The van der Waals surface area contributed by atoms with Gasteiger partial charge in [0.25, 0.3) is 5.91 Å². The third-order valence-corrected chi connectivity index (χ3v) is 2.19. The molecule has 94 valence electrons. The average Bonchev–Trinajstić information content (AvgIpc) is 2.78. The van der Waals surface area contributed by atoms with E-state index in [1.54, 1.807) is 13.1 Å². The first-order valence-corrected chi connectivity index (χ1v) is 5.35. The fourth-order valence-corrected chi connectivity index (χ4v) is 1.41. The number of amides is 1. The zero-order valence-electron chi connectivity index (χ0n) is 9.74. The van der Waals surface area contributed by atoms with Gasteiger partial charge in [0.1, 0.15) is 5.82 Å². The van der Waals surface area contributed by atoms with E-state index in [9.17, 15) is 9.18 Å². The number of oxazole rings is 1. The van der Waals surface area contributed by atoms with Crippen molar-refractivity contribution in [3.8, 4) is 0 Å². The molecule has 1 aromatic carbocycles. The Morgan fingerprint density at radius 1 is 1.50 bits per heavy atom. The molecule has 18 heavy (non-hydrogen) atoms. The molecule has 1 aromatic heterocycles. The lowest BCUT2D eigenvalue weighted by Crippen LogP contribution is -2.11. The summed E-state index contributed by atoms with van der Waals surface area (Å²) in [5.41, 5.74) is 0.367. The van der Waals surface area contributed by atoms with E-state index < -0.39 is 11.7 Å². The average molecular weight is 249 g/mol. The van der Waals surface area contributed by atoms with Crippen LogP contribution >= 0.6 is 0 Å². The Hall–Kier alpha value is -2.21. The van der Waals surface area contributed by atoms with Crippen molar-refractivity contribution in [2.24, 2.45) is 0 Å². The largest absolute Gasteiger partial charge is 0.434 e. The van der Waals surface area contributed by atoms with Crippen LogP contribution in [0.5, 0.6) is 0 Å². The molecule has 0 spiro atoms. The number of carbonyl (C=O) groups excluding carboxylic acids is 1. The molecule has 0 radical (unpaired) electrons. The second kappa shape index (κ2) is 5.42. The Kier molecular flexibility index (Phi) is 3.69. The lowest BCUT2D eigenvalue weighted by molar-refractivity contribution is 0.0994. The standard InChI is InChI=1S/C12H12FN3O2/c1-14-7-11-15-6-10(18-11)12(17)16-9-4-2-3-8(13)5-9/h2-6,14H,7H2,1H3,(H,16,17). The van der Waals surface area contributed by atoms with Crippen LogP contribution in [0.1, 0.15) is 16.4 Å². The molecule has 0 atom stereocenters. The van der Waals surface area contributed by atoms with Crippen LogP contribution in [0.25, 0.3) is 0 Å². The van der Waals surface area contributed by atoms with Crippen molar-refractivity contribution < 1.29 is 13.6 Å². The van der Waals surface area contributed by atoms with Crippen LogP contribution in [0, 0.1) is 5.82 Å². The van der Waals surface area contributed by atoms with Crippen molar-refractivity contribution in [1.82, 2.24) is 10.3 Å². The number of benzene rings is 1. The van der Waals surface area contributed by atoms with Crippen molar-refractivity contribution in [2.45, 2.75) is 6.54 Å². The Labute approximate surface area is 103 Å². The molecule has 2 aromatic rings. The molecule has 0 bridgehead atoms. The van der Waals surface area contributed by atoms with E-state index in [1.807, 2.05) is 0 Å². The molecular formula is C12H12FN3O2. The van der Waals surface area contributed by atoms with Crippen LogP contribution in [-0.4, -0.2) is 17.9 Å². The molecule has 6 heteroatoms. The van der Waals surface area contributed by atoms with Crippen molar-refractivity contribution in [3.05, 3.63) is 47.9 Å². The Morgan fingerprint density at radius 3 is 3.06 bits per heavy atom. The first-order valence-electron chi connectivity index (χ1n) is 5.35. The summed E-state index contributed by atoms with van der Waals surface area (Å²) < 4.78 is 18.1. The summed E-state index contributed by atoms with van der Waals surface area (Å²) in [5.74, 6) is -0.372. The minimum Gasteiger partial charge on any atom is -0.434 e. The number of rotatable bonds is 4. The van der Waals surface area contributed by atoms with E-state index in [1.165, 1.54) is 24.4 Å². The molecule has 0 fully saturated rings. The van der Waals surface area contributed by atoms with Gasteiger partial charge < -0.3 is 15.1 Å². The second-order valence-electron chi connectivity index (χ2n) is 3.61. The summed E-state index contributed by atoms with van der Waals surface area (Å²) in [6.45, 7) is 0.438. The molecule has 0 unspecified atom stereocenters. The summed E-state index contributed by atoms with van der Waals surface area (Å²) >= 11 is 0. The highest BCUT2D eigenvalue weighted by Crippen LogP contribution is 2.11. The van der Waals surface area contributed by atoms with Crippen LogP contribution in [-0.2, 0) is 6.54 Å². The summed E-state index contributed by atoms with van der Waals surface area (Å²) in [7, 11) is 1.75. The molecular weight excluding hydrogens is 237 g/mol. The normalized spacial score (nSPS) is 10.3. The molecule has 1 amide bonds. The molecule has 2 rings (SSSR count). The number of carbonyl (C=O) groups is 1. The Morgan fingerprint density at radius 2 is 2.33 bits per heavy atom. The maximum atomic E-state index is 12.9. The van der Waals surface area contributed by atoms with Gasteiger partial charge in [-0.2, -0.15) is 0 Å². The molecule has 0 aliphatic heterocycles. The fourth-order valence-electron chi connectivity index (χ4n) is 1.41. The molecule has 5 nitrogen and oxygen atoms in total. The zero-order chi connectivity index (χ0) is 13.0. The number of nitrogens with one attached hydrogen (secondary N) is 2. The summed E-state index contributed by atoms with van der Waals surface area (Å²) in [6, 6.07) is 5.63. The number of nitrogens with zero attached hydrogens (tertiary/aromatic N) is 1. The van der Waals surface area contributed by atoms with Gasteiger partial charge in [0.2, 0.25) is 11.7 Å². The SMILES string of the molecule is CNCc1ncc(C(=O)Nc2cccc(F)c2)o1. The minimum atomic E-state index is -0.463. The summed E-state index contributed by atoms with van der Waals surface area (Å²) in [6.07, 6.45) is 1.33. The molecule has 0 aliphatic rings. The first-order chi connectivity index (χ1) is 8.69. The number of aromatic nitrogens is 1. The smallest absolute Gasteiger partial charge is 0.293 e. The molecule has 0 saturated heterocycles. The zero-order valence-corrected chi connectivity index (χ0v) is 9.74. The van der Waals surface area contributed by atoms with Gasteiger partial charge in [-0.15, -0.1) is 0 Å². The molecule has 0 aliphatic carbocycles. The van der Waals surface area contributed by atoms with E-state index in [4.69, 9.17) is 4.42 Å². The molecule has 0 saturated carbocycles. The van der Waals surface area contributed by atoms with Crippen LogP contribution < -0.4 is 10.6 Å². The van der Waals surface area contributed by atoms with Crippen molar-refractivity contribution in [1.29, 1.82) is 0 Å². The minimum absolute atomic E-state index is 0.0875. The molecule has 2 N–H and O–H groups in total. The van der Waals surface area contributed by atoms with E-state index in [-0.39, 0.29) is 5.76 Å². The lowest BCUT2D eigenvalue weighted by atomic mass is 10.3. The van der Waals surface area contributed by atoms with E-state index >= 15 is 0 Å². The molecule has 1 heterocycles. The van der Waals surface area contributed by atoms with Crippen LogP contribution in [0.2, 0.25) is 0 Å². The number of halogens is 1. The monoisotopic (exact) mass is 249 g/mol. The van der Waals surface area contributed by atoms with Gasteiger partial charge in [-0.25, -0.2) is 9.37 Å². The van der Waals surface area contributed by atoms with Gasteiger partial charge >= 0.3 is 0 Å². The van der Waals surface area contributed by atoms with E-state index in [2.05, 4.69) is 15.6 Å². The van der Waals surface area contributed by atoms with Gasteiger partial charge in [-0.3, -0.25) is 4.79 Å². The first kappa shape index (κ1) is 12.3. The van der Waals surface area contributed by atoms with Crippen molar-refractivity contribution >= 4 is 11.6 Å². The predicted octanol–water partition coefficient (Wildman–Crippen LogP) is 1.79. The van der Waals surface area contributed by atoms with Crippen LogP contribution in [0.15, 0.2) is 34.9 Å². The topological polar surface area (TPSA) is 67.2 Å². The van der Waals surface area contributed by atoms with Crippen LogP contribution in [0.3, 0.4) is 0 Å². The highest BCUT2D eigenvalue weighted by atomic mass is 19.1. The third kappa shape index (κ3) is 2.92. The van der Waals surface area contributed by atoms with Gasteiger partial charge in [-0.05, 0) is 25.2 Å². The fraction of sp³-hybridized carbons (Fsp3) is 0.167. The highest BCUT2D eigenvalue weighted by molar-refractivity contribution is 6.01. The van der Waals surface area contributed by atoms with E-state index in [0.29, 0.717) is 18.1 Å².